The minimum absolute atomic E-state index is 0.0354. The molecule has 0 aliphatic carbocycles. The van der Waals surface area contributed by atoms with E-state index in [1.807, 2.05) is 50.2 Å². The van der Waals surface area contributed by atoms with E-state index in [2.05, 4.69) is 25.8 Å². The Kier molecular flexibility index (Phi) is 6.20. The van der Waals surface area contributed by atoms with Gasteiger partial charge < -0.3 is 14.6 Å². The van der Waals surface area contributed by atoms with E-state index < -0.39 is 5.91 Å². The van der Waals surface area contributed by atoms with E-state index in [4.69, 9.17) is 4.74 Å². The van der Waals surface area contributed by atoms with Crippen LogP contribution in [-0.4, -0.2) is 17.6 Å². The molecule has 0 aliphatic heterocycles. The third-order valence-electron chi connectivity index (χ3n) is 4.58. The van der Waals surface area contributed by atoms with Crippen LogP contribution in [0.1, 0.15) is 17.0 Å². The predicted octanol–water partition coefficient (Wildman–Crippen LogP) is 5.41. The van der Waals surface area contributed by atoms with E-state index in [-0.39, 0.29) is 5.57 Å². The molecule has 0 unspecified atom stereocenters. The zero-order chi connectivity index (χ0) is 21.0. The minimum atomic E-state index is -0.455. The zero-order valence-electron chi connectivity index (χ0n) is 16.4. The number of carbonyl (C=O) groups is 1. The summed E-state index contributed by atoms with van der Waals surface area (Å²) in [6.07, 6.45) is 1.62. The van der Waals surface area contributed by atoms with Crippen LogP contribution < -0.4 is 10.1 Å². The summed E-state index contributed by atoms with van der Waals surface area (Å²) in [6.45, 7) is 3.96. The van der Waals surface area contributed by atoms with Gasteiger partial charge in [0.15, 0.2) is 0 Å². The van der Waals surface area contributed by atoms with Crippen molar-refractivity contribution in [2.24, 2.45) is 0 Å². The number of anilines is 1. The Balaban J connectivity index is 1.91. The highest BCUT2D eigenvalue weighted by molar-refractivity contribution is 9.10. The second-order valence-electron chi connectivity index (χ2n) is 6.47. The van der Waals surface area contributed by atoms with Crippen molar-refractivity contribution >= 4 is 33.6 Å². The lowest BCUT2D eigenvalue weighted by Gasteiger charge is -2.11. The molecular weight excluding hydrogens is 430 g/mol. The Hall–Kier alpha value is -3.30. The Morgan fingerprint density at radius 3 is 2.48 bits per heavy atom. The van der Waals surface area contributed by atoms with E-state index in [1.54, 1.807) is 37.5 Å². The minimum Gasteiger partial charge on any atom is -0.497 e. The topological polar surface area (TPSA) is 67.0 Å². The van der Waals surface area contributed by atoms with E-state index in [1.165, 1.54) is 0 Å². The van der Waals surface area contributed by atoms with Crippen LogP contribution in [0, 0.1) is 25.2 Å². The lowest BCUT2D eigenvalue weighted by molar-refractivity contribution is -0.112. The molecule has 1 heterocycles. The number of nitriles is 1. The van der Waals surface area contributed by atoms with Crippen LogP contribution in [0.4, 0.5) is 5.69 Å². The molecule has 29 heavy (non-hydrogen) atoms. The summed E-state index contributed by atoms with van der Waals surface area (Å²) in [5, 5.41) is 12.3. The number of rotatable bonds is 5. The molecule has 0 fully saturated rings. The van der Waals surface area contributed by atoms with Crippen molar-refractivity contribution in [2.75, 3.05) is 12.4 Å². The number of aryl methyl sites for hydroxylation is 1. The van der Waals surface area contributed by atoms with Crippen LogP contribution in [0.3, 0.4) is 0 Å². The fraction of sp³-hybridized carbons (Fsp3) is 0.130. The first-order valence-corrected chi connectivity index (χ1v) is 9.75. The number of hydrogen-bond donors (Lipinski definition) is 1. The number of para-hydroxylation sites is 1. The smallest absolute Gasteiger partial charge is 0.266 e. The molecule has 2 aromatic carbocycles. The Morgan fingerprint density at radius 2 is 1.86 bits per heavy atom. The van der Waals surface area contributed by atoms with Crippen molar-refractivity contribution < 1.29 is 9.53 Å². The Bertz CT molecular complexity index is 1120. The summed E-state index contributed by atoms with van der Waals surface area (Å²) in [7, 11) is 1.58. The van der Waals surface area contributed by atoms with E-state index in [0.717, 1.165) is 27.1 Å². The molecule has 0 saturated carbocycles. The van der Waals surface area contributed by atoms with Crippen LogP contribution in [-0.2, 0) is 4.79 Å². The molecule has 0 radical (unpaired) electrons. The number of benzene rings is 2. The lowest BCUT2D eigenvalue weighted by Crippen LogP contribution is -2.13. The summed E-state index contributed by atoms with van der Waals surface area (Å²) in [5.41, 5.74) is 4.40. The van der Waals surface area contributed by atoms with Crippen LogP contribution in [0.15, 0.2) is 64.6 Å². The van der Waals surface area contributed by atoms with Gasteiger partial charge in [0.25, 0.3) is 5.91 Å². The molecule has 0 saturated heterocycles. The number of nitrogens with one attached hydrogen (secondary N) is 1. The number of halogens is 1. The first-order valence-electron chi connectivity index (χ1n) is 8.95. The van der Waals surface area contributed by atoms with Gasteiger partial charge in [-0.3, -0.25) is 4.79 Å². The standard InChI is InChI=1S/C23H20BrN3O2/c1-15-12-17(16(2)27(15)22-7-5-4-6-21(22)24)13-18(14-25)23(28)26-19-8-10-20(29-3)11-9-19/h4-13H,1-3H3,(H,26,28)/b18-13-. The first kappa shape index (κ1) is 20.4. The van der Waals surface area contributed by atoms with Crippen molar-refractivity contribution in [3.63, 3.8) is 0 Å². The molecule has 0 atom stereocenters. The summed E-state index contributed by atoms with van der Waals surface area (Å²) >= 11 is 3.58. The van der Waals surface area contributed by atoms with E-state index in [9.17, 15) is 10.1 Å². The van der Waals surface area contributed by atoms with Gasteiger partial charge in [0.1, 0.15) is 17.4 Å². The number of nitrogens with zero attached hydrogens (tertiary/aromatic N) is 2. The van der Waals surface area contributed by atoms with Crippen molar-refractivity contribution in [2.45, 2.75) is 13.8 Å². The number of aromatic nitrogens is 1. The van der Waals surface area contributed by atoms with Gasteiger partial charge >= 0.3 is 0 Å². The monoisotopic (exact) mass is 449 g/mol. The van der Waals surface area contributed by atoms with Gasteiger partial charge in [-0.2, -0.15) is 5.26 Å². The quantitative estimate of drug-likeness (QED) is 0.418. The molecule has 1 N–H and O–H groups in total. The summed E-state index contributed by atoms with van der Waals surface area (Å²) in [5.74, 6) is 0.238. The molecule has 5 nitrogen and oxygen atoms in total. The van der Waals surface area contributed by atoms with Gasteiger partial charge in [-0.05, 0) is 83.9 Å². The van der Waals surface area contributed by atoms with Gasteiger partial charge in [-0.1, -0.05) is 12.1 Å². The van der Waals surface area contributed by atoms with Gasteiger partial charge in [0.05, 0.1) is 12.8 Å². The molecule has 3 rings (SSSR count). The third kappa shape index (κ3) is 4.41. The van der Waals surface area contributed by atoms with Crippen LogP contribution in [0.25, 0.3) is 11.8 Å². The average Bonchev–Trinajstić information content (AvgIpc) is 3.00. The largest absolute Gasteiger partial charge is 0.497 e. The van der Waals surface area contributed by atoms with Crippen molar-refractivity contribution in [1.82, 2.24) is 4.57 Å². The first-order chi connectivity index (χ1) is 13.9. The predicted molar refractivity (Wildman–Crippen MR) is 118 cm³/mol. The molecule has 0 spiro atoms. The molecular formula is C23H20BrN3O2. The normalized spacial score (nSPS) is 11.1. The highest BCUT2D eigenvalue weighted by Gasteiger charge is 2.15. The second kappa shape index (κ2) is 8.80. The zero-order valence-corrected chi connectivity index (χ0v) is 17.9. The maximum atomic E-state index is 12.6. The third-order valence-corrected chi connectivity index (χ3v) is 5.25. The van der Waals surface area contributed by atoms with Crippen LogP contribution in [0.2, 0.25) is 0 Å². The van der Waals surface area contributed by atoms with E-state index in [0.29, 0.717) is 11.4 Å². The van der Waals surface area contributed by atoms with Crippen molar-refractivity contribution in [3.8, 4) is 17.5 Å². The van der Waals surface area contributed by atoms with Gasteiger partial charge in [0.2, 0.25) is 0 Å². The fourth-order valence-corrected chi connectivity index (χ4v) is 3.58. The summed E-state index contributed by atoms with van der Waals surface area (Å²) in [4.78, 5) is 12.6. The van der Waals surface area contributed by atoms with E-state index >= 15 is 0 Å². The Labute approximate surface area is 178 Å². The van der Waals surface area contributed by atoms with Crippen LogP contribution >= 0.6 is 15.9 Å². The molecule has 6 heteroatoms. The summed E-state index contributed by atoms with van der Waals surface area (Å²) < 4.78 is 8.17. The number of hydrogen-bond acceptors (Lipinski definition) is 3. The van der Waals surface area contributed by atoms with Crippen LogP contribution in [0.5, 0.6) is 5.75 Å². The van der Waals surface area contributed by atoms with Gasteiger partial charge in [-0.25, -0.2) is 0 Å². The summed E-state index contributed by atoms with van der Waals surface area (Å²) in [6, 6.07) is 18.8. The fourth-order valence-electron chi connectivity index (χ4n) is 3.11. The number of ether oxygens (including phenoxy) is 1. The maximum absolute atomic E-state index is 12.6. The number of amides is 1. The number of carbonyl (C=O) groups excluding carboxylic acids is 1. The lowest BCUT2D eigenvalue weighted by atomic mass is 10.1. The molecule has 3 aromatic rings. The highest BCUT2D eigenvalue weighted by atomic mass is 79.9. The maximum Gasteiger partial charge on any atom is 0.266 e. The number of methoxy groups -OCH3 is 1. The van der Waals surface area contributed by atoms with Crippen molar-refractivity contribution in [1.29, 1.82) is 5.26 Å². The Morgan fingerprint density at radius 1 is 1.17 bits per heavy atom. The van der Waals surface area contributed by atoms with Gasteiger partial charge in [0, 0.05) is 21.5 Å². The average molecular weight is 450 g/mol. The molecule has 1 aromatic heterocycles. The highest BCUT2D eigenvalue weighted by Crippen LogP contribution is 2.28. The molecule has 0 bridgehead atoms. The SMILES string of the molecule is COc1ccc(NC(=O)/C(C#N)=C\c2cc(C)n(-c3ccccc3Br)c2C)cc1. The second-order valence-corrected chi connectivity index (χ2v) is 7.32. The van der Waals surface area contributed by atoms with Gasteiger partial charge in [-0.15, -0.1) is 0 Å². The van der Waals surface area contributed by atoms with Crippen molar-refractivity contribution in [3.05, 3.63) is 81.6 Å². The molecule has 0 aliphatic rings. The molecule has 146 valence electrons. The molecule has 1 amide bonds.